The first kappa shape index (κ1) is 13.2. The van der Waals surface area contributed by atoms with E-state index in [-0.39, 0.29) is 18.1 Å². The summed E-state index contributed by atoms with van der Waals surface area (Å²) in [5.74, 6) is 0.158. The van der Waals surface area contributed by atoms with E-state index in [0.717, 1.165) is 6.42 Å². The molecule has 0 aliphatic heterocycles. The van der Waals surface area contributed by atoms with E-state index in [2.05, 4.69) is 5.32 Å². The fraction of sp³-hybridized carbons (Fsp3) is 0.385. The number of hydrogen-bond donors (Lipinski definition) is 1. The van der Waals surface area contributed by atoms with Crippen LogP contribution in [0.5, 0.6) is 5.75 Å². The smallest absolute Gasteiger partial charge is 0.231 e. The molecule has 17 heavy (non-hydrogen) atoms. The number of hydrogen-bond acceptors (Lipinski definition) is 3. The molecule has 0 aromatic heterocycles. The van der Waals surface area contributed by atoms with Crippen molar-refractivity contribution in [3.8, 4) is 5.75 Å². The third-order valence-corrected chi connectivity index (χ3v) is 2.03. The summed E-state index contributed by atoms with van der Waals surface area (Å²) in [7, 11) is 0. The van der Waals surface area contributed by atoms with Gasteiger partial charge in [0.15, 0.2) is 0 Å². The molecular weight excluding hydrogens is 218 g/mol. The van der Waals surface area contributed by atoms with Crippen molar-refractivity contribution in [1.29, 1.82) is 0 Å². The topological polar surface area (TPSA) is 55.4 Å². The molecule has 0 aliphatic rings. The second-order valence-corrected chi connectivity index (χ2v) is 3.77. The number of amides is 1. The minimum Gasteiger partial charge on any atom is -0.491 e. The van der Waals surface area contributed by atoms with Gasteiger partial charge in [0.1, 0.15) is 11.5 Å². The molecule has 1 aromatic rings. The van der Waals surface area contributed by atoms with Crippen molar-refractivity contribution >= 4 is 17.4 Å². The molecule has 1 N–H and O–H groups in total. The lowest BCUT2D eigenvalue weighted by Crippen LogP contribution is -2.15. The van der Waals surface area contributed by atoms with Crippen molar-refractivity contribution in [2.45, 2.75) is 26.7 Å². The summed E-state index contributed by atoms with van der Waals surface area (Å²) in [6.07, 6.45) is 0.790. The second kappa shape index (κ2) is 6.68. The van der Waals surface area contributed by atoms with Gasteiger partial charge in [0.2, 0.25) is 5.91 Å². The van der Waals surface area contributed by atoms with Crippen LogP contribution in [0.1, 0.15) is 26.7 Å². The lowest BCUT2D eigenvalue weighted by atomic mass is 10.2. The van der Waals surface area contributed by atoms with Gasteiger partial charge in [0.05, 0.1) is 18.7 Å². The maximum Gasteiger partial charge on any atom is 0.231 e. The van der Waals surface area contributed by atoms with Crippen molar-refractivity contribution in [3.05, 3.63) is 24.3 Å². The maximum absolute atomic E-state index is 11.5. The van der Waals surface area contributed by atoms with Crippen LogP contribution >= 0.6 is 0 Å². The van der Waals surface area contributed by atoms with Crippen LogP contribution in [0.4, 0.5) is 5.69 Å². The largest absolute Gasteiger partial charge is 0.491 e. The number of nitrogens with one attached hydrogen (secondary N) is 1. The van der Waals surface area contributed by atoms with Crippen LogP contribution in [0.3, 0.4) is 0 Å². The van der Waals surface area contributed by atoms with Crippen molar-refractivity contribution in [2.75, 3.05) is 11.9 Å². The van der Waals surface area contributed by atoms with Gasteiger partial charge in [-0.15, -0.1) is 0 Å². The Kier molecular flexibility index (Phi) is 5.20. The summed E-state index contributed by atoms with van der Waals surface area (Å²) in [6.45, 7) is 4.00. The average Bonchev–Trinajstić information content (AvgIpc) is 2.26. The maximum atomic E-state index is 11.5. The van der Waals surface area contributed by atoms with Gasteiger partial charge in [-0.3, -0.25) is 9.59 Å². The molecule has 0 atom stereocenters. The van der Waals surface area contributed by atoms with E-state index < -0.39 is 0 Å². The predicted octanol–water partition coefficient (Wildman–Crippen LogP) is 2.39. The number of benzene rings is 1. The quantitative estimate of drug-likeness (QED) is 0.770. The first-order chi connectivity index (χ1) is 8.13. The van der Waals surface area contributed by atoms with Crippen LogP contribution in [0.2, 0.25) is 0 Å². The molecule has 1 rings (SSSR count). The third kappa shape index (κ3) is 4.68. The molecule has 0 saturated heterocycles. The lowest BCUT2D eigenvalue weighted by molar-refractivity contribution is -0.124. The molecule has 1 aromatic carbocycles. The van der Waals surface area contributed by atoms with Gasteiger partial charge < -0.3 is 10.1 Å². The van der Waals surface area contributed by atoms with Gasteiger partial charge >= 0.3 is 0 Å². The Morgan fingerprint density at radius 2 is 2.00 bits per heavy atom. The van der Waals surface area contributed by atoms with Gasteiger partial charge in [-0.05, 0) is 25.5 Å². The molecule has 0 spiro atoms. The molecule has 92 valence electrons. The lowest BCUT2D eigenvalue weighted by Gasteiger charge is -2.11. The highest BCUT2D eigenvalue weighted by atomic mass is 16.5. The van der Waals surface area contributed by atoms with E-state index in [1.54, 1.807) is 12.1 Å². The fourth-order valence-corrected chi connectivity index (χ4v) is 1.33. The second-order valence-electron chi connectivity index (χ2n) is 3.77. The highest BCUT2D eigenvalue weighted by Crippen LogP contribution is 2.23. The first-order valence-electron chi connectivity index (χ1n) is 5.64. The van der Waals surface area contributed by atoms with Crippen molar-refractivity contribution in [2.24, 2.45) is 0 Å². The summed E-state index contributed by atoms with van der Waals surface area (Å²) in [5.41, 5.74) is 0.604. The Balaban J connectivity index is 2.69. The number of anilines is 1. The van der Waals surface area contributed by atoms with Gasteiger partial charge in [0, 0.05) is 0 Å². The van der Waals surface area contributed by atoms with E-state index in [0.29, 0.717) is 18.0 Å². The van der Waals surface area contributed by atoms with Crippen LogP contribution in [0.15, 0.2) is 24.3 Å². The first-order valence-corrected chi connectivity index (χ1v) is 5.64. The van der Waals surface area contributed by atoms with Gasteiger partial charge in [0.25, 0.3) is 0 Å². The van der Waals surface area contributed by atoms with Crippen LogP contribution in [-0.4, -0.2) is 18.3 Å². The molecule has 0 radical (unpaired) electrons. The van der Waals surface area contributed by atoms with E-state index >= 15 is 0 Å². The SMILES string of the molecule is CCCOc1ccccc1NC(=O)CC(C)=O. The Bertz CT molecular complexity index is 401. The van der Waals surface area contributed by atoms with E-state index in [1.165, 1.54) is 6.92 Å². The molecule has 4 nitrogen and oxygen atoms in total. The predicted molar refractivity (Wildman–Crippen MR) is 66.2 cm³/mol. The summed E-state index contributed by atoms with van der Waals surface area (Å²) >= 11 is 0. The summed E-state index contributed by atoms with van der Waals surface area (Å²) in [5, 5.41) is 2.67. The molecule has 4 heteroatoms. The number of Topliss-reactive ketones (excluding diaryl/α,β-unsaturated/α-hetero) is 1. The van der Waals surface area contributed by atoms with Gasteiger partial charge in [-0.25, -0.2) is 0 Å². The van der Waals surface area contributed by atoms with Crippen molar-refractivity contribution in [1.82, 2.24) is 0 Å². The average molecular weight is 235 g/mol. The molecule has 0 bridgehead atoms. The monoisotopic (exact) mass is 235 g/mol. The molecule has 0 heterocycles. The molecule has 1 amide bonds. The van der Waals surface area contributed by atoms with E-state index in [1.807, 2.05) is 19.1 Å². The molecule has 0 aliphatic carbocycles. The number of ether oxygens (including phenoxy) is 1. The zero-order valence-electron chi connectivity index (χ0n) is 10.2. The summed E-state index contributed by atoms with van der Waals surface area (Å²) in [4.78, 5) is 22.3. The molecule has 0 saturated carbocycles. The Morgan fingerprint density at radius 1 is 1.29 bits per heavy atom. The standard InChI is InChI=1S/C13H17NO3/c1-3-8-17-12-7-5-4-6-11(12)14-13(16)9-10(2)15/h4-7H,3,8-9H2,1-2H3,(H,14,16). The Labute approximate surface area is 101 Å². The zero-order chi connectivity index (χ0) is 12.7. The highest BCUT2D eigenvalue weighted by molar-refractivity contribution is 6.04. The van der Waals surface area contributed by atoms with Gasteiger partial charge in [-0.2, -0.15) is 0 Å². The van der Waals surface area contributed by atoms with Crippen LogP contribution in [0, 0.1) is 0 Å². The van der Waals surface area contributed by atoms with Crippen molar-refractivity contribution < 1.29 is 14.3 Å². The Hall–Kier alpha value is -1.84. The summed E-state index contributed by atoms with van der Waals surface area (Å²) in [6, 6.07) is 7.19. The zero-order valence-corrected chi connectivity index (χ0v) is 10.2. The van der Waals surface area contributed by atoms with Crippen LogP contribution < -0.4 is 10.1 Å². The van der Waals surface area contributed by atoms with Gasteiger partial charge in [-0.1, -0.05) is 19.1 Å². The molecular formula is C13H17NO3. The third-order valence-electron chi connectivity index (χ3n) is 2.03. The van der Waals surface area contributed by atoms with Crippen molar-refractivity contribution in [3.63, 3.8) is 0 Å². The fourth-order valence-electron chi connectivity index (χ4n) is 1.33. The summed E-state index contributed by atoms with van der Waals surface area (Å²) < 4.78 is 5.49. The Morgan fingerprint density at radius 3 is 2.65 bits per heavy atom. The number of rotatable bonds is 6. The number of para-hydroxylation sites is 2. The minimum absolute atomic E-state index is 0.109. The minimum atomic E-state index is -0.315. The number of ketones is 1. The van der Waals surface area contributed by atoms with Crippen LogP contribution in [-0.2, 0) is 9.59 Å². The van der Waals surface area contributed by atoms with E-state index in [4.69, 9.17) is 4.74 Å². The van der Waals surface area contributed by atoms with Crippen LogP contribution in [0.25, 0.3) is 0 Å². The normalized spacial score (nSPS) is 9.76. The van der Waals surface area contributed by atoms with E-state index in [9.17, 15) is 9.59 Å². The highest BCUT2D eigenvalue weighted by Gasteiger charge is 2.08. The molecule has 0 unspecified atom stereocenters. The number of carbonyl (C=O) groups excluding carboxylic acids is 2. The molecule has 0 fully saturated rings. The number of carbonyl (C=O) groups is 2.